The molecule has 3 nitrogen and oxygen atoms in total. The van der Waals surface area contributed by atoms with E-state index >= 15 is 0 Å². The topological polar surface area (TPSA) is 42.1 Å². The van der Waals surface area contributed by atoms with E-state index in [9.17, 15) is 0 Å². The zero-order valence-electron chi connectivity index (χ0n) is 10.1. The fourth-order valence-corrected chi connectivity index (χ4v) is 2.37. The van der Waals surface area contributed by atoms with Gasteiger partial charge in [0.1, 0.15) is 5.82 Å². The van der Waals surface area contributed by atoms with Gasteiger partial charge in [-0.2, -0.15) is 0 Å². The zero-order valence-corrected chi connectivity index (χ0v) is 10.9. The second-order valence-corrected chi connectivity index (χ2v) is 5.21. The third-order valence-electron chi connectivity index (χ3n) is 2.66. The summed E-state index contributed by atoms with van der Waals surface area (Å²) in [7, 11) is 2.05. The van der Waals surface area contributed by atoms with E-state index in [1.165, 1.54) is 4.88 Å². The van der Waals surface area contributed by atoms with E-state index < -0.39 is 0 Å². The highest BCUT2D eigenvalue weighted by Crippen LogP contribution is 2.17. The Morgan fingerprint density at radius 2 is 2.24 bits per heavy atom. The van der Waals surface area contributed by atoms with Crippen molar-refractivity contribution in [2.45, 2.75) is 19.5 Å². The molecule has 0 radical (unpaired) electrons. The van der Waals surface area contributed by atoms with Crippen molar-refractivity contribution in [1.29, 1.82) is 0 Å². The molecule has 2 rings (SSSR count). The van der Waals surface area contributed by atoms with Crippen LogP contribution in [0.1, 0.15) is 23.4 Å². The van der Waals surface area contributed by atoms with Crippen LogP contribution in [0.5, 0.6) is 0 Å². The summed E-state index contributed by atoms with van der Waals surface area (Å²) in [5.41, 5.74) is 6.87. The Morgan fingerprint density at radius 3 is 2.76 bits per heavy atom. The van der Waals surface area contributed by atoms with Crippen molar-refractivity contribution in [3.05, 3.63) is 46.3 Å². The summed E-state index contributed by atoms with van der Waals surface area (Å²) in [4.78, 5) is 7.91. The van der Waals surface area contributed by atoms with E-state index in [0.717, 1.165) is 17.9 Å². The first-order valence-electron chi connectivity index (χ1n) is 5.62. The Bertz CT molecular complexity index is 448. The molecule has 2 aromatic rings. The second kappa shape index (κ2) is 5.29. The number of rotatable bonds is 4. The van der Waals surface area contributed by atoms with Crippen molar-refractivity contribution in [1.82, 2.24) is 4.98 Å². The van der Waals surface area contributed by atoms with E-state index in [1.807, 2.05) is 32.3 Å². The van der Waals surface area contributed by atoms with Gasteiger partial charge in [-0.3, -0.25) is 0 Å². The Labute approximate surface area is 106 Å². The van der Waals surface area contributed by atoms with Gasteiger partial charge < -0.3 is 10.6 Å². The molecule has 2 heterocycles. The molecule has 0 aliphatic heterocycles. The first-order chi connectivity index (χ1) is 8.16. The molecule has 0 bridgehead atoms. The van der Waals surface area contributed by atoms with E-state index in [2.05, 4.69) is 27.4 Å². The number of anilines is 1. The summed E-state index contributed by atoms with van der Waals surface area (Å²) in [6, 6.07) is 8.31. The smallest absolute Gasteiger partial charge is 0.128 e. The summed E-state index contributed by atoms with van der Waals surface area (Å²) in [5.74, 6) is 0.975. The van der Waals surface area contributed by atoms with E-state index in [-0.39, 0.29) is 6.04 Å². The minimum absolute atomic E-state index is 0.0409. The second-order valence-electron chi connectivity index (χ2n) is 4.17. The van der Waals surface area contributed by atoms with Crippen LogP contribution in [-0.4, -0.2) is 12.0 Å². The highest BCUT2D eigenvalue weighted by Gasteiger charge is 2.05. The molecular formula is C13H17N3S. The quantitative estimate of drug-likeness (QED) is 0.903. The Morgan fingerprint density at radius 1 is 1.41 bits per heavy atom. The monoisotopic (exact) mass is 247 g/mol. The standard InChI is InChI=1S/C13H17N3S/c1-10(14)11-5-6-13(15-8-11)16(2)9-12-4-3-7-17-12/h3-8,10H,9,14H2,1-2H3. The van der Waals surface area contributed by atoms with Crippen molar-refractivity contribution < 1.29 is 0 Å². The van der Waals surface area contributed by atoms with Crippen molar-refractivity contribution in [2.75, 3.05) is 11.9 Å². The molecule has 1 atom stereocenters. The van der Waals surface area contributed by atoms with Crippen LogP contribution < -0.4 is 10.6 Å². The number of aromatic nitrogens is 1. The van der Waals surface area contributed by atoms with Gasteiger partial charge in [-0.15, -0.1) is 11.3 Å². The number of nitrogens with zero attached hydrogens (tertiary/aromatic N) is 2. The SMILES string of the molecule is CC(N)c1ccc(N(C)Cc2cccs2)nc1. The van der Waals surface area contributed by atoms with Crippen molar-refractivity contribution in [3.63, 3.8) is 0 Å². The lowest BCUT2D eigenvalue weighted by atomic mass is 10.1. The van der Waals surface area contributed by atoms with Crippen LogP contribution in [0.15, 0.2) is 35.8 Å². The number of thiophene rings is 1. The number of hydrogen-bond acceptors (Lipinski definition) is 4. The van der Waals surface area contributed by atoms with Crippen LogP contribution in [-0.2, 0) is 6.54 Å². The molecular weight excluding hydrogens is 230 g/mol. The lowest BCUT2D eigenvalue weighted by Gasteiger charge is -2.17. The third kappa shape index (κ3) is 3.05. The van der Waals surface area contributed by atoms with Crippen LogP contribution >= 0.6 is 11.3 Å². The molecule has 0 aromatic carbocycles. The molecule has 0 fully saturated rings. The van der Waals surface area contributed by atoms with Crippen LogP contribution in [0.3, 0.4) is 0 Å². The fraction of sp³-hybridized carbons (Fsp3) is 0.308. The minimum Gasteiger partial charge on any atom is -0.355 e. The van der Waals surface area contributed by atoms with Gasteiger partial charge in [0.05, 0.1) is 6.54 Å². The van der Waals surface area contributed by atoms with E-state index in [4.69, 9.17) is 5.73 Å². The first kappa shape index (κ1) is 12.1. The summed E-state index contributed by atoms with van der Waals surface area (Å²) >= 11 is 1.76. The van der Waals surface area contributed by atoms with Gasteiger partial charge in [-0.25, -0.2) is 4.98 Å². The van der Waals surface area contributed by atoms with Crippen LogP contribution in [0.25, 0.3) is 0 Å². The van der Waals surface area contributed by atoms with Gasteiger partial charge >= 0.3 is 0 Å². The van der Waals surface area contributed by atoms with Gasteiger partial charge in [-0.05, 0) is 30.0 Å². The van der Waals surface area contributed by atoms with Gasteiger partial charge in [0.25, 0.3) is 0 Å². The molecule has 1 unspecified atom stereocenters. The highest BCUT2D eigenvalue weighted by molar-refractivity contribution is 7.09. The molecule has 2 aromatic heterocycles. The normalized spacial score (nSPS) is 12.4. The van der Waals surface area contributed by atoms with Crippen molar-refractivity contribution in [3.8, 4) is 0 Å². The van der Waals surface area contributed by atoms with E-state index in [0.29, 0.717) is 0 Å². The minimum atomic E-state index is 0.0409. The number of pyridine rings is 1. The highest BCUT2D eigenvalue weighted by atomic mass is 32.1. The Balaban J connectivity index is 2.06. The zero-order chi connectivity index (χ0) is 12.3. The summed E-state index contributed by atoms with van der Waals surface area (Å²) < 4.78 is 0. The number of hydrogen-bond donors (Lipinski definition) is 1. The van der Waals surface area contributed by atoms with Crippen molar-refractivity contribution >= 4 is 17.2 Å². The van der Waals surface area contributed by atoms with Gasteiger partial charge in [-0.1, -0.05) is 12.1 Å². The van der Waals surface area contributed by atoms with E-state index in [1.54, 1.807) is 11.3 Å². The molecule has 0 aliphatic rings. The van der Waals surface area contributed by atoms with Gasteiger partial charge in [0.15, 0.2) is 0 Å². The summed E-state index contributed by atoms with van der Waals surface area (Å²) in [6.07, 6.45) is 1.85. The maximum atomic E-state index is 5.80. The fourth-order valence-electron chi connectivity index (χ4n) is 1.61. The largest absolute Gasteiger partial charge is 0.355 e. The molecule has 90 valence electrons. The molecule has 0 saturated carbocycles. The average molecular weight is 247 g/mol. The van der Waals surface area contributed by atoms with Crippen LogP contribution in [0.4, 0.5) is 5.82 Å². The summed E-state index contributed by atoms with van der Waals surface area (Å²) in [6.45, 7) is 2.86. The van der Waals surface area contributed by atoms with Gasteiger partial charge in [0, 0.05) is 24.2 Å². The predicted molar refractivity (Wildman–Crippen MR) is 73.3 cm³/mol. The lowest BCUT2D eigenvalue weighted by Crippen LogP contribution is -2.17. The van der Waals surface area contributed by atoms with Crippen molar-refractivity contribution in [2.24, 2.45) is 5.73 Å². The molecule has 17 heavy (non-hydrogen) atoms. The maximum absolute atomic E-state index is 5.80. The molecule has 2 N–H and O–H groups in total. The first-order valence-corrected chi connectivity index (χ1v) is 6.50. The van der Waals surface area contributed by atoms with Gasteiger partial charge in [0.2, 0.25) is 0 Å². The van der Waals surface area contributed by atoms with Crippen LogP contribution in [0, 0.1) is 0 Å². The molecule has 4 heteroatoms. The maximum Gasteiger partial charge on any atom is 0.128 e. The molecule has 0 amide bonds. The molecule has 0 saturated heterocycles. The predicted octanol–water partition coefficient (Wildman–Crippen LogP) is 2.80. The molecule has 0 aliphatic carbocycles. The third-order valence-corrected chi connectivity index (χ3v) is 3.52. The van der Waals surface area contributed by atoms with Crippen LogP contribution in [0.2, 0.25) is 0 Å². The Kier molecular flexibility index (Phi) is 3.76. The number of nitrogens with two attached hydrogens (primary N) is 1. The summed E-state index contributed by atoms with van der Waals surface area (Å²) in [5, 5.41) is 2.09. The lowest BCUT2D eigenvalue weighted by molar-refractivity contribution is 0.807. The average Bonchev–Trinajstić information content (AvgIpc) is 2.82. The Hall–Kier alpha value is -1.39. The molecule has 0 spiro atoms.